The Morgan fingerprint density at radius 3 is 2.33 bits per heavy atom. The molecule has 0 aliphatic carbocycles. The maximum Gasteiger partial charge on any atom is 0.341 e. The van der Waals surface area contributed by atoms with E-state index in [0.29, 0.717) is 37.4 Å². The van der Waals surface area contributed by atoms with Crippen molar-refractivity contribution < 1.29 is 19.0 Å². The number of nitrogens with zero attached hydrogens (tertiary/aromatic N) is 5. The van der Waals surface area contributed by atoms with E-state index in [1.165, 1.54) is 32.6 Å². The molecule has 9 nitrogen and oxygen atoms in total. The number of hydrogen-bond donors (Lipinski definition) is 1. The van der Waals surface area contributed by atoms with E-state index in [-0.39, 0.29) is 16.8 Å². The van der Waals surface area contributed by atoms with Crippen molar-refractivity contribution in [2.45, 2.75) is 25.8 Å². The minimum absolute atomic E-state index is 0.0440. The molecule has 0 bridgehead atoms. The van der Waals surface area contributed by atoms with Gasteiger partial charge in [-0.15, -0.1) is 0 Å². The third kappa shape index (κ3) is 5.30. The van der Waals surface area contributed by atoms with Gasteiger partial charge in [0.05, 0.1) is 12.5 Å². The van der Waals surface area contributed by atoms with Crippen LogP contribution in [-0.4, -0.2) is 71.9 Å². The van der Waals surface area contributed by atoms with Crippen LogP contribution in [0.2, 0.25) is 0 Å². The first-order chi connectivity index (χ1) is 20.4. The van der Waals surface area contributed by atoms with Crippen LogP contribution in [0.15, 0.2) is 65.7 Å². The number of benzene rings is 2. The standard InChI is InChI=1S/C32H34FN5O4/c1-42-31-28-24(19-26(33)29(31)37-17-15-36(16-18-37)27-7-3-4-12-34-27)30(39)25(32(40)41)21-38(28)23-10-8-22(9-11-23)20-35-13-5-2-6-14-35/h3-4,7-12,19,21H,2,5-6,13-18,20H2,1H3,(H,40,41). The number of carbonyl (C=O) groups is 1. The molecule has 10 heteroatoms. The highest BCUT2D eigenvalue weighted by atomic mass is 19.1. The predicted octanol–water partition coefficient (Wildman–Crippen LogP) is 4.54. The summed E-state index contributed by atoms with van der Waals surface area (Å²) < 4.78 is 23.3. The lowest BCUT2D eigenvalue weighted by Crippen LogP contribution is -2.47. The molecule has 2 aromatic carbocycles. The van der Waals surface area contributed by atoms with Crippen molar-refractivity contribution in [1.29, 1.82) is 0 Å². The molecule has 0 unspecified atom stereocenters. The van der Waals surface area contributed by atoms with Gasteiger partial charge in [0.25, 0.3) is 0 Å². The van der Waals surface area contributed by atoms with Crippen molar-refractivity contribution in [3.05, 3.63) is 88.1 Å². The van der Waals surface area contributed by atoms with Gasteiger partial charge in [0.2, 0.25) is 5.43 Å². The molecular formula is C32H34FN5O4. The van der Waals surface area contributed by atoms with Crippen LogP contribution in [0.25, 0.3) is 16.6 Å². The van der Waals surface area contributed by atoms with Crippen LogP contribution < -0.4 is 20.0 Å². The largest absolute Gasteiger partial charge is 0.492 e. The highest BCUT2D eigenvalue weighted by Crippen LogP contribution is 2.39. The van der Waals surface area contributed by atoms with Gasteiger partial charge in [-0.2, -0.15) is 0 Å². The van der Waals surface area contributed by atoms with E-state index in [2.05, 4.69) is 14.8 Å². The number of rotatable bonds is 7. The summed E-state index contributed by atoms with van der Waals surface area (Å²) >= 11 is 0. The molecule has 0 atom stereocenters. The molecule has 6 rings (SSSR count). The maximum atomic E-state index is 15.8. The van der Waals surface area contributed by atoms with Crippen LogP contribution in [-0.2, 0) is 6.54 Å². The molecule has 42 heavy (non-hydrogen) atoms. The third-order valence-electron chi connectivity index (χ3n) is 8.24. The first-order valence-electron chi connectivity index (χ1n) is 14.4. The van der Waals surface area contributed by atoms with Gasteiger partial charge in [0.15, 0.2) is 11.6 Å². The number of aromatic carboxylic acids is 1. The second kappa shape index (κ2) is 11.8. The van der Waals surface area contributed by atoms with Gasteiger partial charge >= 0.3 is 5.97 Å². The number of halogens is 1. The van der Waals surface area contributed by atoms with E-state index in [0.717, 1.165) is 37.1 Å². The van der Waals surface area contributed by atoms with Crippen LogP contribution in [0, 0.1) is 5.82 Å². The summed E-state index contributed by atoms with van der Waals surface area (Å²) in [4.78, 5) is 36.3. The lowest BCUT2D eigenvalue weighted by molar-refractivity contribution is 0.0695. The van der Waals surface area contributed by atoms with Crippen molar-refractivity contribution >= 4 is 28.4 Å². The number of hydrogen-bond acceptors (Lipinski definition) is 7. The molecule has 0 radical (unpaired) electrons. The summed E-state index contributed by atoms with van der Waals surface area (Å²) in [5.74, 6) is -0.940. The molecule has 2 aliphatic heterocycles. The second-order valence-corrected chi connectivity index (χ2v) is 10.8. The first-order valence-corrected chi connectivity index (χ1v) is 14.4. The number of aromatic nitrogens is 2. The van der Waals surface area contributed by atoms with E-state index in [9.17, 15) is 14.7 Å². The van der Waals surface area contributed by atoms with Crippen LogP contribution in [0.1, 0.15) is 35.2 Å². The Morgan fingerprint density at radius 1 is 0.976 bits per heavy atom. The highest BCUT2D eigenvalue weighted by Gasteiger charge is 2.28. The highest BCUT2D eigenvalue weighted by molar-refractivity contribution is 5.97. The SMILES string of the molecule is COc1c(N2CCN(c3ccccn3)CC2)c(F)cc2c(=O)c(C(=O)O)cn(-c3ccc(CN4CCCCC4)cc3)c12. The average molecular weight is 572 g/mol. The molecule has 2 fully saturated rings. The molecule has 2 saturated heterocycles. The summed E-state index contributed by atoms with van der Waals surface area (Å²) in [6, 6.07) is 14.7. The zero-order valence-corrected chi connectivity index (χ0v) is 23.6. The summed E-state index contributed by atoms with van der Waals surface area (Å²) in [5.41, 5.74) is 1.20. The summed E-state index contributed by atoms with van der Waals surface area (Å²) in [6.45, 7) is 5.28. The first kappa shape index (κ1) is 27.7. The number of anilines is 2. The van der Waals surface area contributed by atoms with Gasteiger partial charge in [0.1, 0.15) is 22.6 Å². The van der Waals surface area contributed by atoms with Crippen LogP contribution >= 0.6 is 0 Å². The summed E-state index contributed by atoms with van der Waals surface area (Å²) in [5, 5.41) is 9.79. The zero-order valence-electron chi connectivity index (χ0n) is 23.6. The third-order valence-corrected chi connectivity index (χ3v) is 8.24. The molecule has 4 aromatic rings. The van der Waals surface area contributed by atoms with E-state index in [1.807, 2.05) is 47.4 Å². The van der Waals surface area contributed by atoms with Gasteiger partial charge < -0.3 is 24.2 Å². The molecule has 2 aromatic heterocycles. The quantitative estimate of drug-likeness (QED) is 0.346. The van der Waals surface area contributed by atoms with Crippen molar-refractivity contribution in [3.8, 4) is 11.4 Å². The summed E-state index contributed by atoms with van der Waals surface area (Å²) in [6.07, 6.45) is 6.74. The fourth-order valence-electron chi connectivity index (χ4n) is 6.10. The second-order valence-electron chi connectivity index (χ2n) is 10.8. The van der Waals surface area contributed by atoms with E-state index >= 15 is 4.39 Å². The Balaban J connectivity index is 1.41. The van der Waals surface area contributed by atoms with Crippen LogP contribution in [0.4, 0.5) is 15.9 Å². The van der Waals surface area contributed by atoms with Crippen molar-refractivity contribution in [3.63, 3.8) is 0 Å². The number of piperidine rings is 1. The zero-order chi connectivity index (χ0) is 29.2. The van der Waals surface area contributed by atoms with Gasteiger partial charge in [-0.3, -0.25) is 9.69 Å². The normalized spacial score (nSPS) is 16.1. The van der Waals surface area contributed by atoms with Gasteiger partial charge in [-0.1, -0.05) is 24.6 Å². The Kier molecular flexibility index (Phi) is 7.80. The van der Waals surface area contributed by atoms with Crippen molar-refractivity contribution in [2.75, 3.05) is 56.2 Å². The molecule has 1 N–H and O–H groups in total. The Morgan fingerprint density at radius 2 is 1.69 bits per heavy atom. The van der Waals surface area contributed by atoms with E-state index in [1.54, 1.807) is 10.8 Å². The Hall–Kier alpha value is -4.44. The molecule has 0 amide bonds. The van der Waals surface area contributed by atoms with Crippen molar-refractivity contribution in [2.24, 2.45) is 0 Å². The molecular weight excluding hydrogens is 537 g/mol. The van der Waals surface area contributed by atoms with Gasteiger partial charge in [0, 0.05) is 50.8 Å². The monoisotopic (exact) mass is 571 g/mol. The minimum Gasteiger partial charge on any atom is -0.492 e. The smallest absolute Gasteiger partial charge is 0.341 e. The number of fused-ring (bicyclic) bond motifs is 1. The fourth-order valence-corrected chi connectivity index (χ4v) is 6.10. The molecule has 0 spiro atoms. The molecule has 4 heterocycles. The molecule has 2 aliphatic rings. The topological polar surface area (TPSA) is 91.1 Å². The number of likely N-dealkylation sites (tertiary alicyclic amines) is 1. The molecule has 218 valence electrons. The molecule has 0 saturated carbocycles. The maximum absolute atomic E-state index is 15.8. The Bertz CT molecular complexity index is 1640. The Labute approximate surface area is 243 Å². The number of methoxy groups -OCH3 is 1. The number of carboxylic acid groups (broad SMARTS) is 1. The van der Waals surface area contributed by atoms with Crippen molar-refractivity contribution in [1.82, 2.24) is 14.5 Å². The van der Waals surface area contributed by atoms with Crippen LogP contribution in [0.5, 0.6) is 5.75 Å². The lowest BCUT2D eigenvalue weighted by Gasteiger charge is -2.37. The number of carboxylic acids is 1. The van der Waals surface area contributed by atoms with E-state index in [4.69, 9.17) is 4.74 Å². The van der Waals surface area contributed by atoms with Crippen LogP contribution in [0.3, 0.4) is 0 Å². The summed E-state index contributed by atoms with van der Waals surface area (Å²) in [7, 11) is 1.45. The minimum atomic E-state index is -1.37. The van der Waals surface area contributed by atoms with Gasteiger partial charge in [-0.05, 0) is 61.8 Å². The predicted molar refractivity (Wildman–Crippen MR) is 161 cm³/mol. The number of piperazine rings is 1. The van der Waals surface area contributed by atoms with Gasteiger partial charge in [-0.25, -0.2) is 14.2 Å². The number of ether oxygens (including phenoxy) is 1. The lowest BCUT2D eigenvalue weighted by atomic mass is 10.1. The average Bonchev–Trinajstić information content (AvgIpc) is 3.02. The fraction of sp³-hybridized carbons (Fsp3) is 0.344. The van der Waals surface area contributed by atoms with E-state index < -0.39 is 22.8 Å². The number of pyridine rings is 2.